The molecule has 6 heteroatoms. The highest BCUT2D eigenvalue weighted by molar-refractivity contribution is 8.01. The molecule has 0 aliphatic heterocycles. The van der Waals surface area contributed by atoms with E-state index in [1.165, 1.54) is 11.8 Å². The molecule has 138 valence electrons. The largest absolute Gasteiger partial charge is 0.492 e. The highest BCUT2D eigenvalue weighted by Crippen LogP contribution is 2.24. The first-order valence-corrected chi connectivity index (χ1v) is 9.56. The summed E-state index contributed by atoms with van der Waals surface area (Å²) in [6.45, 7) is 6.15. The van der Waals surface area contributed by atoms with Gasteiger partial charge in [0.05, 0.1) is 23.3 Å². The minimum Gasteiger partial charge on any atom is -0.492 e. The van der Waals surface area contributed by atoms with Gasteiger partial charge in [0.1, 0.15) is 5.75 Å². The Morgan fingerprint density at radius 2 is 1.69 bits per heavy atom. The number of carbonyl (C=O) groups excluding carboxylic acids is 2. The van der Waals surface area contributed by atoms with E-state index in [0.29, 0.717) is 18.0 Å². The SMILES string of the molecule is CCOc1ccccc1NC(=O)CS[C@H](C)C(=O)Nc1ccccc1C. The Labute approximate surface area is 158 Å². The molecule has 0 bridgehead atoms. The van der Waals surface area contributed by atoms with Crippen molar-refractivity contribution in [1.82, 2.24) is 0 Å². The quantitative estimate of drug-likeness (QED) is 0.732. The predicted octanol–water partition coefficient (Wildman–Crippen LogP) is 4.09. The smallest absolute Gasteiger partial charge is 0.237 e. The maximum Gasteiger partial charge on any atom is 0.237 e. The number of hydrogen-bond acceptors (Lipinski definition) is 4. The van der Waals surface area contributed by atoms with Crippen molar-refractivity contribution in [3.05, 3.63) is 54.1 Å². The van der Waals surface area contributed by atoms with Gasteiger partial charge in [-0.3, -0.25) is 9.59 Å². The molecule has 0 unspecified atom stereocenters. The first kappa shape index (κ1) is 19.8. The van der Waals surface area contributed by atoms with Gasteiger partial charge in [0.2, 0.25) is 11.8 Å². The molecule has 0 fully saturated rings. The Balaban J connectivity index is 1.85. The first-order chi connectivity index (χ1) is 12.5. The van der Waals surface area contributed by atoms with E-state index < -0.39 is 0 Å². The summed E-state index contributed by atoms with van der Waals surface area (Å²) < 4.78 is 5.49. The van der Waals surface area contributed by atoms with Crippen molar-refractivity contribution >= 4 is 35.0 Å². The summed E-state index contributed by atoms with van der Waals surface area (Å²) in [6, 6.07) is 14.9. The molecule has 2 aromatic rings. The highest BCUT2D eigenvalue weighted by atomic mass is 32.2. The molecule has 2 amide bonds. The van der Waals surface area contributed by atoms with Crippen LogP contribution in [0.15, 0.2) is 48.5 Å². The van der Waals surface area contributed by atoms with E-state index in [-0.39, 0.29) is 22.8 Å². The van der Waals surface area contributed by atoms with Crippen molar-refractivity contribution in [2.75, 3.05) is 23.0 Å². The lowest BCUT2D eigenvalue weighted by Gasteiger charge is -2.14. The fourth-order valence-electron chi connectivity index (χ4n) is 2.26. The number of hydrogen-bond donors (Lipinski definition) is 2. The van der Waals surface area contributed by atoms with Crippen LogP contribution >= 0.6 is 11.8 Å². The molecule has 0 aliphatic carbocycles. The average molecular weight is 372 g/mol. The van der Waals surface area contributed by atoms with Crippen LogP contribution in [0.3, 0.4) is 0 Å². The van der Waals surface area contributed by atoms with Gasteiger partial charge in [-0.2, -0.15) is 0 Å². The number of benzene rings is 2. The average Bonchev–Trinajstić information content (AvgIpc) is 2.63. The number of nitrogens with one attached hydrogen (secondary N) is 2. The van der Waals surface area contributed by atoms with Gasteiger partial charge in [-0.25, -0.2) is 0 Å². The second kappa shape index (κ2) is 9.87. The minimum absolute atomic E-state index is 0.119. The molecule has 0 radical (unpaired) electrons. The van der Waals surface area contributed by atoms with Crippen LogP contribution in [-0.4, -0.2) is 29.4 Å². The van der Waals surface area contributed by atoms with Gasteiger partial charge in [-0.05, 0) is 44.5 Å². The Morgan fingerprint density at radius 1 is 1.04 bits per heavy atom. The molecule has 2 rings (SSSR count). The fraction of sp³-hybridized carbons (Fsp3) is 0.300. The zero-order chi connectivity index (χ0) is 18.9. The van der Waals surface area contributed by atoms with Gasteiger partial charge in [0.15, 0.2) is 0 Å². The van der Waals surface area contributed by atoms with Crippen LogP contribution in [-0.2, 0) is 9.59 Å². The molecule has 2 aromatic carbocycles. The normalized spacial score (nSPS) is 11.5. The van der Waals surface area contributed by atoms with Crippen LogP contribution in [0.5, 0.6) is 5.75 Å². The third kappa shape index (κ3) is 5.81. The van der Waals surface area contributed by atoms with E-state index in [4.69, 9.17) is 4.74 Å². The third-order valence-electron chi connectivity index (χ3n) is 3.70. The monoisotopic (exact) mass is 372 g/mol. The minimum atomic E-state index is -0.345. The van der Waals surface area contributed by atoms with E-state index in [1.807, 2.05) is 56.3 Å². The van der Waals surface area contributed by atoms with Gasteiger partial charge in [0, 0.05) is 5.69 Å². The molecule has 26 heavy (non-hydrogen) atoms. The number of thioether (sulfide) groups is 1. The van der Waals surface area contributed by atoms with Crippen molar-refractivity contribution in [2.24, 2.45) is 0 Å². The molecule has 1 atom stereocenters. The molecule has 0 heterocycles. The maximum atomic E-state index is 12.3. The van der Waals surface area contributed by atoms with Crippen LogP contribution in [0.25, 0.3) is 0 Å². The molecular formula is C20H24N2O3S. The van der Waals surface area contributed by atoms with E-state index >= 15 is 0 Å². The van der Waals surface area contributed by atoms with Crippen molar-refractivity contribution < 1.29 is 14.3 Å². The topological polar surface area (TPSA) is 67.4 Å². The van der Waals surface area contributed by atoms with Crippen LogP contribution in [0.4, 0.5) is 11.4 Å². The van der Waals surface area contributed by atoms with Crippen molar-refractivity contribution in [3.63, 3.8) is 0 Å². The number of para-hydroxylation sites is 3. The Kier molecular flexibility index (Phi) is 7.53. The Morgan fingerprint density at radius 3 is 2.38 bits per heavy atom. The summed E-state index contributed by atoms with van der Waals surface area (Å²) in [5.74, 6) is 0.534. The maximum absolute atomic E-state index is 12.3. The van der Waals surface area contributed by atoms with E-state index in [0.717, 1.165) is 11.3 Å². The molecule has 0 aliphatic rings. The molecule has 5 nitrogen and oxygen atoms in total. The molecule has 2 N–H and O–H groups in total. The van der Waals surface area contributed by atoms with E-state index in [2.05, 4.69) is 10.6 Å². The number of carbonyl (C=O) groups is 2. The van der Waals surface area contributed by atoms with Gasteiger partial charge in [-0.15, -0.1) is 11.8 Å². The molecule has 0 saturated carbocycles. The standard InChI is InChI=1S/C20H24N2O3S/c1-4-25-18-12-8-7-11-17(18)21-19(23)13-26-15(3)20(24)22-16-10-6-5-9-14(16)2/h5-12,15H,4,13H2,1-3H3,(H,21,23)(H,22,24)/t15-/m1/s1. The van der Waals surface area contributed by atoms with E-state index in [9.17, 15) is 9.59 Å². The van der Waals surface area contributed by atoms with Gasteiger partial charge < -0.3 is 15.4 Å². The van der Waals surface area contributed by atoms with E-state index in [1.54, 1.807) is 13.0 Å². The van der Waals surface area contributed by atoms with Gasteiger partial charge in [-0.1, -0.05) is 30.3 Å². The van der Waals surface area contributed by atoms with Crippen LogP contribution < -0.4 is 15.4 Å². The summed E-state index contributed by atoms with van der Waals surface area (Å²) in [5, 5.41) is 5.38. The first-order valence-electron chi connectivity index (χ1n) is 8.51. The Hall–Kier alpha value is -2.47. The van der Waals surface area contributed by atoms with Crippen LogP contribution in [0.1, 0.15) is 19.4 Å². The zero-order valence-electron chi connectivity index (χ0n) is 15.2. The number of anilines is 2. The lowest BCUT2D eigenvalue weighted by molar-refractivity contribution is -0.115. The fourth-order valence-corrected chi connectivity index (χ4v) is 2.95. The van der Waals surface area contributed by atoms with Crippen molar-refractivity contribution in [2.45, 2.75) is 26.0 Å². The van der Waals surface area contributed by atoms with Crippen LogP contribution in [0, 0.1) is 6.92 Å². The summed E-state index contributed by atoms with van der Waals surface area (Å²) in [7, 11) is 0. The predicted molar refractivity (Wildman–Crippen MR) is 108 cm³/mol. The molecule has 0 spiro atoms. The third-order valence-corrected chi connectivity index (χ3v) is 4.84. The number of aryl methyl sites for hydroxylation is 1. The Bertz CT molecular complexity index is 764. The summed E-state index contributed by atoms with van der Waals surface area (Å²) >= 11 is 1.29. The van der Waals surface area contributed by atoms with Gasteiger partial charge >= 0.3 is 0 Å². The highest BCUT2D eigenvalue weighted by Gasteiger charge is 2.16. The number of ether oxygens (including phenoxy) is 1. The molecule has 0 aromatic heterocycles. The lowest BCUT2D eigenvalue weighted by atomic mass is 10.2. The molecule has 0 saturated heterocycles. The lowest BCUT2D eigenvalue weighted by Crippen LogP contribution is -2.25. The number of rotatable bonds is 8. The summed E-state index contributed by atoms with van der Waals surface area (Å²) in [4.78, 5) is 24.5. The zero-order valence-corrected chi connectivity index (χ0v) is 16.1. The summed E-state index contributed by atoms with van der Waals surface area (Å²) in [5.41, 5.74) is 2.43. The second-order valence-corrected chi connectivity index (χ2v) is 7.06. The summed E-state index contributed by atoms with van der Waals surface area (Å²) in [6.07, 6.45) is 0. The van der Waals surface area contributed by atoms with Crippen molar-refractivity contribution in [3.8, 4) is 5.75 Å². The van der Waals surface area contributed by atoms with Crippen molar-refractivity contribution in [1.29, 1.82) is 0 Å². The van der Waals surface area contributed by atoms with Gasteiger partial charge in [0.25, 0.3) is 0 Å². The number of amides is 2. The second-order valence-electron chi connectivity index (χ2n) is 5.73. The van der Waals surface area contributed by atoms with Crippen LogP contribution in [0.2, 0.25) is 0 Å². The molecular weight excluding hydrogens is 348 g/mol.